The van der Waals surface area contributed by atoms with Crippen LogP contribution in [-0.2, 0) is 16.4 Å². The first kappa shape index (κ1) is 18.8. The maximum atomic E-state index is 12.4. The van der Waals surface area contributed by atoms with Gasteiger partial charge in [0, 0.05) is 6.54 Å². The Morgan fingerprint density at radius 3 is 2.36 bits per heavy atom. The van der Waals surface area contributed by atoms with Crippen LogP contribution in [0, 0.1) is 0 Å². The lowest BCUT2D eigenvalue weighted by Crippen LogP contribution is -2.25. The van der Waals surface area contributed by atoms with Gasteiger partial charge in [0.25, 0.3) is 5.91 Å². The first-order valence-corrected chi connectivity index (χ1v) is 9.39. The van der Waals surface area contributed by atoms with Gasteiger partial charge >= 0.3 is 0 Å². The fourth-order valence-electron chi connectivity index (χ4n) is 2.35. The van der Waals surface area contributed by atoms with Crippen LogP contribution in [0.15, 0.2) is 47.4 Å². The standard InChI is InChI=1S/C18H21NO5S/c1-4-25(21,22)17-8-6-5-7-14(17)18(20)19-12-13-9-10-15(23-2)16(11-13)24-3/h5-11H,4,12H2,1-3H3,(H,19,20). The summed E-state index contributed by atoms with van der Waals surface area (Å²) in [6, 6.07) is 11.5. The molecule has 0 radical (unpaired) electrons. The zero-order valence-electron chi connectivity index (χ0n) is 14.4. The molecular formula is C18H21NO5S. The van der Waals surface area contributed by atoms with E-state index >= 15 is 0 Å². The lowest BCUT2D eigenvalue weighted by atomic mass is 10.1. The zero-order chi connectivity index (χ0) is 18.4. The minimum atomic E-state index is -3.47. The topological polar surface area (TPSA) is 81.7 Å². The lowest BCUT2D eigenvalue weighted by Gasteiger charge is -2.12. The van der Waals surface area contributed by atoms with Crippen LogP contribution in [0.4, 0.5) is 0 Å². The van der Waals surface area contributed by atoms with Crippen LogP contribution in [0.3, 0.4) is 0 Å². The average Bonchev–Trinajstić information content (AvgIpc) is 2.65. The van der Waals surface area contributed by atoms with E-state index < -0.39 is 15.7 Å². The fraction of sp³-hybridized carbons (Fsp3) is 0.278. The third kappa shape index (κ3) is 4.30. The molecule has 0 spiro atoms. The van der Waals surface area contributed by atoms with Crippen molar-refractivity contribution in [3.8, 4) is 11.5 Å². The van der Waals surface area contributed by atoms with Gasteiger partial charge in [-0.2, -0.15) is 0 Å². The molecule has 0 unspecified atom stereocenters. The van der Waals surface area contributed by atoms with Crippen molar-refractivity contribution in [1.29, 1.82) is 0 Å². The number of benzene rings is 2. The van der Waals surface area contributed by atoms with Crippen LogP contribution in [-0.4, -0.2) is 34.3 Å². The Morgan fingerprint density at radius 1 is 1.04 bits per heavy atom. The van der Waals surface area contributed by atoms with E-state index in [9.17, 15) is 13.2 Å². The Kier molecular flexibility index (Phi) is 6.03. The molecule has 2 aromatic carbocycles. The second-order valence-electron chi connectivity index (χ2n) is 5.27. The summed E-state index contributed by atoms with van der Waals surface area (Å²) in [7, 11) is -0.394. The van der Waals surface area contributed by atoms with Gasteiger partial charge in [-0.15, -0.1) is 0 Å². The Hall–Kier alpha value is -2.54. The van der Waals surface area contributed by atoms with Gasteiger partial charge in [0.2, 0.25) is 0 Å². The van der Waals surface area contributed by atoms with Crippen LogP contribution in [0.25, 0.3) is 0 Å². The summed E-state index contributed by atoms with van der Waals surface area (Å²) in [6.07, 6.45) is 0. The number of ether oxygens (including phenoxy) is 2. The summed E-state index contributed by atoms with van der Waals surface area (Å²) in [5.41, 5.74) is 0.951. The van der Waals surface area contributed by atoms with Crippen LogP contribution >= 0.6 is 0 Å². The molecule has 1 N–H and O–H groups in total. The van der Waals surface area contributed by atoms with Crippen molar-refractivity contribution < 1.29 is 22.7 Å². The summed E-state index contributed by atoms with van der Waals surface area (Å²) < 4.78 is 34.7. The fourth-order valence-corrected chi connectivity index (χ4v) is 3.44. The summed E-state index contributed by atoms with van der Waals surface area (Å²) in [5, 5.41) is 2.74. The third-order valence-electron chi connectivity index (χ3n) is 3.75. The predicted octanol–water partition coefficient (Wildman–Crippen LogP) is 2.43. The third-order valence-corrected chi connectivity index (χ3v) is 5.53. The molecule has 0 saturated heterocycles. The molecule has 2 aromatic rings. The van der Waals surface area contributed by atoms with Crippen LogP contribution in [0.5, 0.6) is 11.5 Å². The molecule has 0 aliphatic carbocycles. The summed E-state index contributed by atoms with van der Waals surface area (Å²) in [4.78, 5) is 12.5. The molecule has 0 aliphatic rings. The molecule has 25 heavy (non-hydrogen) atoms. The van der Waals surface area contributed by atoms with Crippen molar-refractivity contribution in [3.63, 3.8) is 0 Å². The molecule has 134 valence electrons. The average molecular weight is 363 g/mol. The van der Waals surface area contributed by atoms with E-state index in [1.807, 2.05) is 0 Å². The van der Waals surface area contributed by atoms with E-state index in [2.05, 4.69) is 5.32 Å². The molecule has 0 bridgehead atoms. The SMILES string of the molecule is CCS(=O)(=O)c1ccccc1C(=O)NCc1ccc(OC)c(OC)c1. The molecule has 0 fully saturated rings. The Morgan fingerprint density at radius 2 is 1.72 bits per heavy atom. The maximum Gasteiger partial charge on any atom is 0.252 e. The van der Waals surface area contributed by atoms with Crippen molar-refractivity contribution in [3.05, 3.63) is 53.6 Å². The van der Waals surface area contributed by atoms with Crippen LogP contribution < -0.4 is 14.8 Å². The molecule has 0 atom stereocenters. The van der Waals surface area contributed by atoms with Gasteiger partial charge in [0.1, 0.15) is 0 Å². The molecule has 1 amide bonds. The number of hydrogen-bond donors (Lipinski definition) is 1. The van der Waals surface area contributed by atoms with E-state index in [0.29, 0.717) is 11.5 Å². The Bertz CT molecular complexity index is 862. The molecule has 0 heterocycles. The number of amides is 1. The Balaban J connectivity index is 2.19. The van der Waals surface area contributed by atoms with E-state index in [1.165, 1.54) is 19.2 Å². The Labute approximate surface area is 147 Å². The normalized spacial score (nSPS) is 11.0. The largest absolute Gasteiger partial charge is 0.493 e. The second kappa shape index (κ2) is 8.02. The highest BCUT2D eigenvalue weighted by molar-refractivity contribution is 7.91. The second-order valence-corrected chi connectivity index (χ2v) is 7.52. The van der Waals surface area contributed by atoms with Gasteiger partial charge in [-0.3, -0.25) is 4.79 Å². The number of carbonyl (C=O) groups is 1. The van der Waals surface area contributed by atoms with E-state index in [4.69, 9.17) is 9.47 Å². The highest BCUT2D eigenvalue weighted by atomic mass is 32.2. The van der Waals surface area contributed by atoms with Gasteiger partial charge in [-0.05, 0) is 29.8 Å². The highest BCUT2D eigenvalue weighted by Crippen LogP contribution is 2.27. The molecule has 2 rings (SSSR count). The number of carbonyl (C=O) groups excluding carboxylic acids is 1. The monoisotopic (exact) mass is 363 g/mol. The summed E-state index contributed by atoms with van der Waals surface area (Å²) in [6.45, 7) is 1.79. The number of methoxy groups -OCH3 is 2. The summed E-state index contributed by atoms with van der Waals surface area (Å²) >= 11 is 0. The molecule has 0 aliphatic heterocycles. The maximum absolute atomic E-state index is 12.4. The highest BCUT2D eigenvalue weighted by Gasteiger charge is 2.20. The number of rotatable bonds is 7. The van der Waals surface area contributed by atoms with Crippen LogP contribution in [0.2, 0.25) is 0 Å². The van der Waals surface area contributed by atoms with Crippen molar-refractivity contribution in [2.45, 2.75) is 18.4 Å². The molecule has 0 aromatic heterocycles. The van der Waals surface area contributed by atoms with Gasteiger partial charge in [0.05, 0.1) is 30.4 Å². The van der Waals surface area contributed by atoms with Crippen molar-refractivity contribution >= 4 is 15.7 Å². The minimum Gasteiger partial charge on any atom is -0.493 e. The predicted molar refractivity (Wildman–Crippen MR) is 94.9 cm³/mol. The zero-order valence-corrected chi connectivity index (χ0v) is 15.2. The van der Waals surface area contributed by atoms with Gasteiger partial charge in [0.15, 0.2) is 21.3 Å². The van der Waals surface area contributed by atoms with E-state index in [1.54, 1.807) is 44.4 Å². The van der Waals surface area contributed by atoms with E-state index in [-0.39, 0.29) is 22.8 Å². The number of sulfone groups is 1. The minimum absolute atomic E-state index is 0.0438. The molecule has 0 saturated carbocycles. The van der Waals surface area contributed by atoms with Crippen molar-refractivity contribution in [1.82, 2.24) is 5.32 Å². The van der Waals surface area contributed by atoms with Gasteiger partial charge in [-0.1, -0.05) is 25.1 Å². The summed E-state index contributed by atoms with van der Waals surface area (Å²) in [5.74, 6) is 0.648. The number of hydrogen-bond acceptors (Lipinski definition) is 5. The molecule has 7 heteroatoms. The van der Waals surface area contributed by atoms with Crippen molar-refractivity contribution in [2.75, 3.05) is 20.0 Å². The van der Waals surface area contributed by atoms with Crippen LogP contribution in [0.1, 0.15) is 22.8 Å². The van der Waals surface area contributed by atoms with E-state index in [0.717, 1.165) is 5.56 Å². The lowest BCUT2D eigenvalue weighted by molar-refractivity contribution is 0.0947. The number of nitrogens with one attached hydrogen (secondary N) is 1. The van der Waals surface area contributed by atoms with Crippen molar-refractivity contribution in [2.24, 2.45) is 0 Å². The quantitative estimate of drug-likeness (QED) is 0.817. The first-order chi connectivity index (χ1) is 11.9. The molecule has 6 nitrogen and oxygen atoms in total. The van der Waals surface area contributed by atoms with Gasteiger partial charge in [-0.25, -0.2) is 8.42 Å². The first-order valence-electron chi connectivity index (χ1n) is 7.73. The smallest absolute Gasteiger partial charge is 0.252 e. The molecular weight excluding hydrogens is 342 g/mol. The van der Waals surface area contributed by atoms with Gasteiger partial charge < -0.3 is 14.8 Å².